The summed E-state index contributed by atoms with van der Waals surface area (Å²) in [5, 5.41) is 11.5. The van der Waals surface area contributed by atoms with Crippen LogP contribution in [0.5, 0.6) is 0 Å². The summed E-state index contributed by atoms with van der Waals surface area (Å²) in [6, 6.07) is 0. The van der Waals surface area contributed by atoms with E-state index in [2.05, 4.69) is 4.98 Å². The number of fused-ring (bicyclic) bond motifs is 1. The standard InChI is InChI=1S/C15H19N3O4S/c1-22-10-15(13(20)21)3-2-5-17(9-15)12(19)7-11-8-23-14-16-4-6-18(11)14/h4,6,8H,2-3,5,7,9-10H2,1H3,(H,20,21). The van der Waals surface area contributed by atoms with Crippen LogP contribution in [0.3, 0.4) is 0 Å². The van der Waals surface area contributed by atoms with Crippen LogP contribution in [0.1, 0.15) is 18.5 Å². The fourth-order valence-electron chi connectivity index (χ4n) is 3.14. The van der Waals surface area contributed by atoms with Gasteiger partial charge in [0.25, 0.3) is 0 Å². The van der Waals surface area contributed by atoms with Gasteiger partial charge < -0.3 is 14.7 Å². The number of carboxylic acids is 1. The Morgan fingerprint density at radius 1 is 1.52 bits per heavy atom. The second kappa shape index (κ2) is 6.29. The summed E-state index contributed by atoms with van der Waals surface area (Å²) in [5.74, 6) is -0.954. The maximum atomic E-state index is 12.6. The summed E-state index contributed by atoms with van der Waals surface area (Å²) in [5.41, 5.74) is -0.118. The van der Waals surface area contributed by atoms with E-state index in [1.807, 2.05) is 16.0 Å². The number of carboxylic acid groups (broad SMARTS) is 1. The molecule has 0 aliphatic carbocycles. The Morgan fingerprint density at radius 2 is 2.35 bits per heavy atom. The van der Waals surface area contributed by atoms with Gasteiger partial charge in [0.1, 0.15) is 5.41 Å². The van der Waals surface area contributed by atoms with Crippen molar-refractivity contribution in [2.45, 2.75) is 19.3 Å². The first-order valence-corrected chi connectivity index (χ1v) is 8.33. The molecule has 7 nitrogen and oxygen atoms in total. The molecule has 1 atom stereocenters. The maximum absolute atomic E-state index is 12.6. The zero-order valence-electron chi connectivity index (χ0n) is 12.9. The minimum absolute atomic E-state index is 0.0557. The van der Waals surface area contributed by atoms with Crippen LogP contribution in [0, 0.1) is 5.41 Å². The third-order valence-corrected chi connectivity index (χ3v) is 5.26. The van der Waals surface area contributed by atoms with Gasteiger partial charge >= 0.3 is 5.97 Å². The van der Waals surface area contributed by atoms with Crippen molar-refractivity contribution in [3.63, 3.8) is 0 Å². The average Bonchev–Trinajstić information content (AvgIpc) is 3.12. The molecular formula is C15H19N3O4S. The van der Waals surface area contributed by atoms with Gasteiger partial charge in [-0.3, -0.25) is 14.0 Å². The SMILES string of the molecule is COCC1(C(=O)O)CCCN(C(=O)Cc2csc3nccn23)C1. The lowest BCUT2D eigenvalue weighted by molar-refractivity contribution is -0.159. The number of amides is 1. The molecule has 8 heteroatoms. The number of ether oxygens (including phenoxy) is 1. The summed E-state index contributed by atoms with van der Waals surface area (Å²) in [6.45, 7) is 0.914. The van der Waals surface area contributed by atoms with E-state index in [0.29, 0.717) is 19.4 Å². The molecule has 0 aromatic carbocycles. The highest BCUT2D eigenvalue weighted by Crippen LogP contribution is 2.31. The molecule has 23 heavy (non-hydrogen) atoms. The number of thiazole rings is 1. The molecule has 1 saturated heterocycles. The monoisotopic (exact) mass is 337 g/mol. The number of hydrogen-bond donors (Lipinski definition) is 1. The highest BCUT2D eigenvalue weighted by molar-refractivity contribution is 7.15. The molecule has 1 unspecified atom stereocenters. The predicted molar refractivity (Wildman–Crippen MR) is 84.5 cm³/mol. The number of likely N-dealkylation sites (tertiary alicyclic amines) is 1. The average molecular weight is 337 g/mol. The van der Waals surface area contributed by atoms with E-state index in [1.54, 1.807) is 11.1 Å². The molecule has 124 valence electrons. The molecule has 0 radical (unpaired) electrons. The molecule has 1 aliphatic heterocycles. The molecule has 3 heterocycles. The van der Waals surface area contributed by atoms with Crippen LogP contribution in [-0.4, -0.2) is 58.1 Å². The minimum atomic E-state index is -0.998. The van der Waals surface area contributed by atoms with Gasteiger partial charge in [-0.1, -0.05) is 0 Å². The second-order valence-electron chi connectivity index (χ2n) is 5.92. The molecule has 1 amide bonds. The van der Waals surface area contributed by atoms with Gasteiger partial charge in [-0.25, -0.2) is 4.98 Å². The van der Waals surface area contributed by atoms with Crippen molar-refractivity contribution in [3.05, 3.63) is 23.5 Å². The van der Waals surface area contributed by atoms with Gasteiger partial charge in [0.15, 0.2) is 4.96 Å². The highest BCUT2D eigenvalue weighted by atomic mass is 32.1. The Hall–Kier alpha value is -1.93. The van der Waals surface area contributed by atoms with Gasteiger partial charge in [-0.05, 0) is 12.8 Å². The van der Waals surface area contributed by atoms with Gasteiger partial charge in [0.2, 0.25) is 5.91 Å². The number of imidazole rings is 1. The van der Waals surface area contributed by atoms with Crippen molar-refractivity contribution >= 4 is 28.2 Å². The van der Waals surface area contributed by atoms with E-state index in [4.69, 9.17) is 4.74 Å². The van der Waals surface area contributed by atoms with Crippen LogP contribution >= 0.6 is 11.3 Å². The number of nitrogens with zero attached hydrogens (tertiary/aromatic N) is 3. The Bertz CT molecular complexity index is 721. The number of piperidine rings is 1. The first-order valence-electron chi connectivity index (χ1n) is 7.45. The molecule has 0 spiro atoms. The number of hydrogen-bond acceptors (Lipinski definition) is 5. The van der Waals surface area contributed by atoms with Gasteiger partial charge in [0.05, 0.1) is 13.0 Å². The Morgan fingerprint density at radius 3 is 3.09 bits per heavy atom. The molecule has 1 N–H and O–H groups in total. The molecule has 2 aromatic rings. The summed E-state index contributed by atoms with van der Waals surface area (Å²) in [6.07, 6.45) is 4.99. The number of methoxy groups -OCH3 is 1. The zero-order valence-corrected chi connectivity index (χ0v) is 13.7. The van der Waals surface area contributed by atoms with Crippen molar-refractivity contribution < 1.29 is 19.4 Å². The third-order valence-electron chi connectivity index (χ3n) is 4.35. The van der Waals surface area contributed by atoms with Crippen LogP contribution in [0.25, 0.3) is 4.96 Å². The van der Waals surface area contributed by atoms with Crippen LogP contribution in [0.4, 0.5) is 0 Å². The smallest absolute Gasteiger partial charge is 0.313 e. The molecule has 2 aromatic heterocycles. The van der Waals surface area contributed by atoms with Crippen molar-refractivity contribution in [2.75, 3.05) is 26.8 Å². The van der Waals surface area contributed by atoms with Gasteiger partial charge in [-0.2, -0.15) is 0 Å². The van der Waals surface area contributed by atoms with E-state index < -0.39 is 11.4 Å². The lowest BCUT2D eigenvalue weighted by Crippen LogP contribution is -2.52. The van der Waals surface area contributed by atoms with Gasteiger partial charge in [0, 0.05) is 43.7 Å². The quantitative estimate of drug-likeness (QED) is 0.888. The minimum Gasteiger partial charge on any atom is -0.481 e. The Kier molecular flexibility index (Phi) is 4.36. The van der Waals surface area contributed by atoms with E-state index in [-0.39, 0.29) is 25.5 Å². The van der Waals surface area contributed by atoms with Crippen LogP contribution in [0.2, 0.25) is 0 Å². The van der Waals surface area contributed by atoms with Crippen molar-refractivity contribution in [1.82, 2.24) is 14.3 Å². The molecular weight excluding hydrogens is 318 g/mol. The van der Waals surface area contributed by atoms with Crippen LogP contribution < -0.4 is 0 Å². The fraction of sp³-hybridized carbons (Fsp3) is 0.533. The van der Waals surface area contributed by atoms with Crippen molar-refractivity contribution in [1.29, 1.82) is 0 Å². The molecule has 1 aliphatic rings. The molecule has 3 rings (SSSR count). The number of carbonyl (C=O) groups excluding carboxylic acids is 1. The van der Waals surface area contributed by atoms with Crippen LogP contribution in [0.15, 0.2) is 17.8 Å². The van der Waals surface area contributed by atoms with Crippen LogP contribution in [-0.2, 0) is 20.7 Å². The highest BCUT2D eigenvalue weighted by Gasteiger charge is 2.43. The number of carbonyl (C=O) groups is 2. The second-order valence-corrected chi connectivity index (χ2v) is 6.76. The molecule has 1 fully saturated rings. The van der Waals surface area contributed by atoms with E-state index in [1.165, 1.54) is 18.4 Å². The molecule has 0 saturated carbocycles. The largest absolute Gasteiger partial charge is 0.481 e. The zero-order chi connectivity index (χ0) is 16.4. The lowest BCUT2D eigenvalue weighted by atomic mass is 9.80. The topological polar surface area (TPSA) is 84.1 Å². The summed E-state index contributed by atoms with van der Waals surface area (Å²) >= 11 is 1.49. The first-order chi connectivity index (χ1) is 11.1. The van der Waals surface area contributed by atoms with E-state index in [0.717, 1.165) is 10.7 Å². The summed E-state index contributed by atoms with van der Waals surface area (Å²) < 4.78 is 6.99. The number of rotatable bonds is 5. The molecule has 0 bridgehead atoms. The number of aromatic nitrogens is 2. The van der Waals surface area contributed by atoms with Crippen molar-refractivity contribution in [2.24, 2.45) is 5.41 Å². The Labute approximate surface area is 137 Å². The third kappa shape index (κ3) is 2.96. The van der Waals surface area contributed by atoms with E-state index >= 15 is 0 Å². The van der Waals surface area contributed by atoms with E-state index in [9.17, 15) is 14.7 Å². The maximum Gasteiger partial charge on any atom is 0.313 e. The summed E-state index contributed by atoms with van der Waals surface area (Å²) in [7, 11) is 1.49. The van der Waals surface area contributed by atoms with Crippen molar-refractivity contribution in [3.8, 4) is 0 Å². The Balaban J connectivity index is 1.74. The normalized spacial score (nSPS) is 21.7. The first kappa shape index (κ1) is 15.9. The van der Waals surface area contributed by atoms with Gasteiger partial charge in [-0.15, -0.1) is 11.3 Å². The lowest BCUT2D eigenvalue weighted by Gasteiger charge is -2.39. The predicted octanol–water partition coefficient (Wildman–Crippen LogP) is 1.28. The fourth-order valence-corrected chi connectivity index (χ4v) is 3.99. The summed E-state index contributed by atoms with van der Waals surface area (Å²) in [4.78, 5) is 31.0. The number of aliphatic carboxylic acids is 1.